The molecule has 2 N–H and O–H groups in total. The van der Waals surface area contributed by atoms with Crippen molar-refractivity contribution in [1.82, 2.24) is 10.2 Å². The summed E-state index contributed by atoms with van der Waals surface area (Å²) in [6, 6.07) is 3.39. The maximum Gasteiger partial charge on any atom is 0.353 e. The molecule has 18 heavy (non-hydrogen) atoms. The Morgan fingerprint density at radius 1 is 1.44 bits per heavy atom. The monoisotopic (exact) mass is 254 g/mol. The van der Waals surface area contributed by atoms with Crippen molar-refractivity contribution in [3.05, 3.63) is 35.5 Å². The van der Waals surface area contributed by atoms with E-state index in [-0.39, 0.29) is 22.7 Å². The quantitative estimate of drug-likeness (QED) is 0.879. The summed E-state index contributed by atoms with van der Waals surface area (Å²) in [5.74, 6) is -3.71. The van der Waals surface area contributed by atoms with Crippen LogP contribution in [0.3, 0.4) is 0 Å². The van der Waals surface area contributed by atoms with Gasteiger partial charge in [0.1, 0.15) is 5.69 Å². The molecule has 5 nitrogen and oxygen atoms in total. The Morgan fingerprint density at radius 2 is 2.17 bits per heavy atom. The average molecular weight is 254 g/mol. The van der Waals surface area contributed by atoms with E-state index in [1.54, 1.807) is 0 Å². The van der Waals surface area contributed by atoms with E-state index in [1.165, 1.54) is 19.2 Å². The highest BCUT2D eigenvalue weighted by atomic mass is 19.2. The van der Waals surface area contributed by atoms with Gasteiger partial charge < -0.3 is 9.84 Å². The third kappa shape index (κ3) is 1.90. The van der Waals surface area contributed by atoms with Crippen LogP contribution in [0.5, 0.6) is 5.75 Å². The Balaban J connectivity index is 2.56. The molecule has 0 aliphatic carbocycles. The number of H-pyrrole nitrogens is 1. The van der Waals surface area contributed by atoms with Gasteiger partial charge in [-0.15, -0.1) is 0 Å². The van der Waals surface area contributed by atoms with E-state index in [4.69, 9.17) is 9.84 Å². The predicted molar refractivity (Wildman–Crippen MR) is 57.5 cm³/mol. The average Bonchev–Trinajstić information content (AvgIpc) is 2.82. The number of aromatic carboxylic acids is 1. The summed E-state index contributed by atoms with van der Waals surface area (Å²) in [5.41, 5.74) is 0.167. The number of benzene rings is 1. The summed E-state index contributed by atoms with van der Waals surface area (Å²) in [4.78, 5) is 10.7. The molecule has 0 amide bonds. The van der Waals surface area contributed by atoms with E-state index >= 15 is 0 Å². The van der Waals surface area contributed by atoms with Crippen LogP contribution in [-0.2, 0) is 0 Å². The fraction of sp³-hybridized carbons (Fsp3) is 0.0909. The first-order valence-corrected chi connectivity index (χ1v) is 4.85. The van der Waals surface area contributed by atoms with E-state index in [0.29, 0.717) is 0 Å². The fourth-order valence-electron chi connectivity index (χ4n) is 1.50. The minimum atomic E-state index is -1.20. The van der Waals surface area contributed by atoms with Crippen molar-refractivity contribution in [2.24, 2.45) is 0 Å². The third-order valence-electron chi connectivity index (χ3n) is 2.34. The summed E-state index contributed by atoms with van der Waals surface area (Å²) in [5, 5.41) is 14.7. The standard InChI is InChI=1S/C11H8F2N2O3/c1-18-10-5(2-3-6(12)9(10)13)7-4-8(11(16)17)15-14-7/h2-4H,1H3,(H,14,15)(H,16,17). The molecular formula is C11H8F2N2O3. The van der Waals surface area contributed by atoms with E-state index in [0.717, 1.165) is 6.07 Å². The zero-order valence-corrected chi connectivity index (χ0v) is 9.20. The van der Waals surface area contributed by atoms with Crippen LogP contribution in [0.1, 0.15) is 10.5 Å². The van der Waals surface area contributed by atoms with Crippen LogP contribution in [0.15, 0.2) is 18.2 Å². The Labute approximate surface area is 100 Å². The number of methoxy groups -OCH3 is 1. The number of carboxylic acids is 1. The summed E-state index contributed by atoms with van der Waals surface area (Å²) in [6.07, 6.45) is 0. The predicted octanol–water partition coefficient (Wildman–Crippen LogP) is 2.06. The molecule has 94 valence electrons. The fourth-order valence-corrected chi connectivity index (χ4v) is 1.50. The van der Waals surface area contributed by atoms with Gasteiger partial charge in [0.05, 0.1) is 12.8 Å². The van der Waals surface area contributed by atoms with Gasteiger partial charge in [-0.05, 0) is 18.2 Å². The van der Waals surface area contributed by atoms with Gasteiger partial charge in [-0.3, -0.25) is 5.10 Å². The lowest BCUT2D eigenvalue weighted by Gasteiger charge is -2.07. The van der Waals surface area contributed by atoms with Crippen LogP contribution in [0, 0.1) is 11.6 Å². The zero-order valence-electron chi connectivity index (χ0n) is 9.20. The van der Waals surface area contributed by atoms with Crippen LogP contribution < -0.4 is 4.74 Å². The second-order valence-electron chi connectivity index (χ2n) is 3.41. The van der Waals surface area contributed by atoms with Crippen molar-refractivity contribution in [2.45, 2.75) is 0 Å². The van der Waals surface area contributed by atoms with Gasteiger partial charge in [0.15, 0.2) is 11.6 Å². The number of hydrogen-bond acceptors (Lipinski definition) is 3. The highest BCUT2D eigenvalue weighted by Gasteiger charge is 2.18. The number of carbonyl (C=O) groups is 1. The number of carboxylic acid groups (broad SMARTS) is 1. The molecule has 7 heteroatoms. The number of aromatic amines is 1. The maximum atomic E-state index is 13.5. The van der Waals surface area contributed by atoms with Crippen LogP contribution in [0.2, 0.25) is 0 Å². The first-order valence-electron chi connectivity index (χ1n) is 4.85. The van der Waals surface area contributed by atoms with Gasteiger partial charge in [-0.1, -0.05) is 0 Å². The lowest BCUT2D eigenvalue weighted by atomic mass is 10.1. The number of ether oxygens (including phenoxy) is 1. The minimum Gasteiger partial charge on any atom is -0.493 e. The molecule has 0 unspecified atom stereocenters. The van der Waals surface area contributed by atoms with E-state index < -0.39 is 17.6 Å². The van der Waals surface area contributed by atoms with Crippen molar-refractivity contribution < 1.29 is 23.4 Å². The first-order chi connectivity index (χ1) is 8.54. The Morgan fingerprint density at radius 3 is 2.72 bits per heavy atom. The molecule has 0 aliphatic heterocycles. The SMILES string of the molecule is COc1c(-c2cc(C(=O)O)[nH]n2)ccc(F)c1F. The van der Waals surface area contributed by atoms with Gasteiger partial charge in [-0.2, -0.15) is 9.49 Å². The topological polar surface area (TPSA) is 75.2 Å². The molecule has 2 aromatic rings. The highest BCUT2D eigenvalue weighted by molar-refractivity contribution is 5.87. The van der Waals surface area contributed by atoms with Gasteiger partial charge in [0.25, 0.3) is 0 Å². The van der Waals surface area contributed by atoms with Crippen LogP contribution in [-0.4, -0.2) is 28.4 Å². The molecular weight excluding hydrogens is 246 g/mol. The number of rotatable bonds is 3. The Bertz CT molecular complexity index is 610. The largest absolute Gasteiger partial charge is 0.493 e. The number of nitrogens with one attached hydrogen (secondary N) is 1. The molecule has 0 fully saturated rings. The number of nitrogens with zero attached hydrogens (tertiary/aromatic N) is 1. The van der Waals surface area contributed by atoms with E-state index in [9.17, 15) is 13.6 Å². The van der Waals surface area contributed by atoms with E-state index in [2.05, 4.69) is 10.2 Å². The summed E-state index contributed by atoms with van der Waals surface area (Å²) in [6.45, 7) is 0. The van der Waals surface area contributed by atoms with E-state index in [1.807, 2.05) is 0 Å². The lowest BCUT2D eigenvalue weighted by molar-refractivity contribution is 0.0690. The summed E-state index contributed by atoms with van der Waals surface area (Å²) < 4.78 is 31.2. The molecule has 0 aliphatic rings. The second kappa shape index (κ2) is 4.44. The zero-order chi connectivity index (χ0) is 13.3. The maximum absolute atomic E-state index is 13.5. The lowest BCUT2D eigenvalue weighted by Crippen LogP contribution is -1.95. The normalized spacial score (nSPS) is 10.4. The van der Waals surface area contributed by atoms with Crippen molar-refractivity contribution >= 4 is 5.97 Å². The molecule has 1 heterocycles. The van der Waals surface area contributed by atoms with Crippen LogP contribution in [0.25, 0.3) is 11.3 Å². The van der Waals surface area contributed by atoms with Crippen molar-refractivity contribution in [3.8, 4) is 17.0 Å². The number of hydrogen-bond donors (Lipinski definition) is 2. The van der Waals surface area contributed by atoms with Crippen molar-refractivity contribution in [3.63, 3.8) is 0 Å². The Hall–Kier alpha value is -2.44. The van der Waals surface area contributed by atoms with Crippen LogP contribution >= 0.6 is 0 Å². The van der Waals surface area contributed by atoms with Gasteiger partial charge in [-0.25, -0.2) is 9.18 Å². The molecule has 1 aromatic heterocycles. The molecule has 0 spiro atoms. The highest BCUT2D eigenvalue weighted by Crippen LogP contribution is 2.32. The van der Waals surface area contributed by atoms with Crippen molar-refractivity contribution in [2.75, 3.05) is 7.11 Å². The Kier molecular flexibility index (Phi) is 2.97. The number of aromatic nitrogens is 2. The molecule has 0 bridgehead atoms. The minimum absolute atomic E-state index is 0.156. The van der Waals surface area contributed by atoms with Gasteiger partial charge in [0.2, 0.25) is 5.82 Å². The summed E-state index contributed by atoms with van der Waals surface area (Å²) in [7, 11) is 1.19. The smallest absolute Gasteiger partial charge is 0.353 e. The van der Waals surface area contributed by atoms with Gasteiger partial charge in [0, 0.05) is 5.56 Å². The second-order valence-corrected chi connectivity index (χ2v) is 3.41. The summed E-state index contributed by atoms with van der Waals surface area (Å²) >= 11 is 0. The first kappa shape index (κ1) is 12.0. The van der Waals surface area contributed by atoms with Crippen LogP contribution in [0.4, 0.5) is 8.78 Å². The molecule has 2 rings (SSSR count). The van der Waals surface area contributed by atoms with Crippen molar-refractivity contribution in [1.29, 1.82) is 0 Å². The molecule has 0 saturated heterocycles. The molecule has 0 radical (unpaired) electrons. The number of halogens is 2. The molecule has 1 aromatic carbocycles. The third-order valence-corrected chi connectivity index (χ3v) is 2.34. The molecule has 0 saturated carbocycles. The van der Waals surface area contributed by atoms with Gasteiger partial charge >= 0.3 is 5.97 Å². The molecule has 0 atom stereocenters.